The van der Waals surface area contributed by atoms with Gasteiger partial charge in [0.2, 0.25) is 5.01 Å². The first kappa shape index (κ1) is 20.6. The van der Waals surface area contributed by atoms with Crippen LogP contribution in [0.15, 0.2) is 28.7 Å². The van der Waals surface area contributed by atoms with Crippen LogP contribution in [0.25, 0.3) is 5.73 Å². The van der Waals surface area contributed by atoms with Crippen molar-refractivity contribution in [1.29, 1.82) is 0 Å². The van der Waals surface area contributed by atoms with Crippen LogP contribution in [0.5, 0.6) is 0 Å². The van der Waals surface area contributed by atoms with Gasteiger partial charge in [-0.25, -0.2) is 22.9 Å². The molecule has 0 unspecified atom stereocenters. The third-order valence-corrected chi connectivity index (χ3v) is 4.37. The smallest absolute Gasteiger partial charge is 0.364 e. The Morgan fingerprint density at radius 3 is 2.67 bits per heavy atom. The Bertz CT molecular complexity index is 846. The predicted molar refractivity (Wildman–Crippen MR) is 94.3 cm³/mol. The van der Waals surface area contributed by atoms with E-state index in [-0.39, 0.29) is 34.3 Å². The summed E-state index contributed by atoms with van der Waals surface area (Å²) in [6.45, 7) is 0.883. The first-order chi connectivity index (χ1) is 12.7. The second-order valence-corrected chi connectivity index (χ2v) is 6.51. The molecule has 0 spiro atoms. The number of aromatic carboxylic acids is 1. The molecule has 7 nitrogen and oxygen atoms in total. The van der Waals surface area contributed by atoms with Gasteiger partial charge in [0.25, 0.3) is 6.43 Å². The number of carboxylic acid groups (broad SMARTS) is 1. The Hall–Kier alpha value is -2.66. The van der Waals surface area contributed by atoms with E-state index in [0.717, 1.165) is 17.4 Å². The summed E-state index contributed by atoms with van der Waals surface area (Å²) in [6, 6.07) is 2.30. The van der Waals surface area contributed by atoms with Gasteiger partial charge >= 0.3 is 5.97 Å². The average Bonchev–Trinajstić information content (AvgIpc) is 3.13. The number of hydrogen-bond acceptors (Lipinski definition) is 6. The highest BCUT2D eigenvalue weighted by Gasteiger charge is 2.46. The molecule has 1 aromatic carbocycles. The minimum atomic E-state index is -2.98. The maximum absolute atomic E-state index is 14.1. The van der Waals surface area contributed by atoms with Crippen LogP contribution in [-0.2, 0) is 10.3 Å². The van der Waals surface area contributed by atoms with E-state index >= 15 is 0 Å². The van der Waals surface area contributed by atoms with Gasteiger partial charge in [-0.3, -0.25) is 4.99 Å². The molecule has 0 saturated carbocycles. The van der Waals surface area contributed by atoms with E-state index in [1.165, 1.54) is 19.2 Å². The van der Waals surface area contributed by atoms with Gasteiger partial charge in [0.1, 0.15) is 18.3 Å². The molecule has 2 heterocycles. The third kappa shape index (κ3) is 4.55. The summed E-state index contributed by atoms with van der Waals surface area (Å²) in [5.41, 5.74) is 10.5. The lowest BCUT2D eigenvalue weighted by atomic mass is 9.88. The summed E-state index contributed by atoms with van der Waals surface area (Å²) in [5.74, 6) is -1.88. The topological polar surface area (TPSA) is 122 Å². The van der Waals surface area contributed by atoms with Gasteiger partial charge < -0.3 is 21.3 Å². The van der Waals surface area contributed by atoms with Crippen molar-refractivity contribution in [2.75, 3.05) is 13.2 Å². The fourth-order valence-electron chi connectivity index (χ4n) is 2.41. The highest BCUT2D eigenvalue weighted by Crippen LogP contribution is 2.39. The lowest BCUT2D eigenvalue weighted by Gasteiger charge is -2.34. The fraction of sp³-hybridized carbons (Fsp3) is 0.312. The van der Waals surface area contributed by atoms with E-state index < -0.39 is 30.4 Å². The van der Waals surface area contributed by atoms with Gasteiger partial charge in [-0.05, 0) is 12.5 Å². The van der Waals surface area contributed by atoms with E-state index in [4.69, 9.17) is 21.3 Å². The van der Waals surface area contributed by atoms with Crippen molar-refractivity contribution in [3.05, 3.63) is 51.4 Å². The summed E-state index contributed by atoms with van der Waals surface area (Å²) in [6.07, 6.45) is -1.52. The number of aliphatic imine (C=N–C) groups is 1. The van der Waals surface area contributed by atoms with Crippen LogP contribution in [0, 0.1) is 12.7 Å². The Labute approximate surface area is 156 Å². The van der Waals surface area contributed by atoms with Gasteiger partial charge in [-0.2, -0.15) is 0 Å². The predicted octanol–water partition coefficient (Wildman–Crippen LogP) is 3.51. The molecule has 0 bridgehead atoms. The number of halogens is 3. The summed E-state index contributed by atoms with van der Waals surface area (Å²) in [5, 5.41) is 9.99. The van der Waals surface area contributed by atoms with Crippen molar-refractivity contribution in [2.24, 2.45) is 10.7 Å². The highest BCUT2D eigenvalue weighted by atomic mass is 32.1. The van der Waals surface area contributed by atoms with Crippen LogP contribution in [0.1, 0.15) is 20.9 Å². The van der Waals surface area contributed by atoms with Crippen molar-refractivity contribution in [2.45, 2.75) is 18.9 Å². The second-order valence-electron chi connectivity index (χ2n) is 5.62. The number of alkyl halides is 2. The largest absolute Gasteiger partial charge is 0.699 e. The molecular formula is C16H16F3N4O3S-. The standard InChI is InChI=1S/C12H13F3N3O.C4H3NO2S/c1-6-2-7(16)3-8(10(6)13)12(11(14)15)5-19-4-9(17)18-12;6-4(7)3-5-1-2-8-3/h2-3,11,16H,4-5H2,1H3,(H2,17,18);1-2H,(H,6,7)/q-1;/t12-;/m0./s1. The number of rotatable bonds is 3. The number of carbonyl (C=O) groups is 1. The Morgan fingerprint density at radius 2 is 2.19 bits per heavy atom. The molecule has 0 amide bonds. The minimum Gasteiger partial charge on any atom is -0.699 e. The van der Waals surface area contributed by atoms with Crippen LogP contribution in [0.4, 0.5) is 18.9 Å². The zero-order chi connectivity index (χ0) is 20.2. The first-order valence-corrected chi connectivity index (χ1v) is 8.40. The van der Waals surface area contributed by atoms with E-state index in [2.05, 4.69) is 9.98 Å². The number of amidine groups is 1. The summed E-state index contributed by atoms with van der Waals surface area (Å²) in [7, 11) is 0. The van der Waals surface area contributed by atoms with Gasteiger partial charge in [-0.15, -0.1) is 17.0 Å². The SMILES string of the molecule is Cc1cc([NH-])cc([C@]2(C(F)F)COCC(N)=N2)c1F.O=C(O)c1nccs1. The van der Waals surface area contributed by atoms with Crippen LogP contribution < -0.4 is 5.73 Å². The van der Waals surface area contributed by atoms with Crippen LogP contribution in [0.3, 0.4) is 0 Å². The molecule has 0 aliphatic carbocycles. The summed E-state index contributed by atoms with van der Waals surface area (Å²) < 4.78 is 45.9. The minimum absolute atomic E-state index is 0.0599. The van der Waals surface area contributed by atoms with Gasteiger partial charge in [0.15, 0.2) is 5.54 Å². The zero-order valence-corrected chi connectivity index (χ0v) is 14.9. The molecule has 1 aliphatic heterocycles. The first-order valence-electron chi connectivity index (χ1n) is 7.52. The number of hydrogen-bond donors (Lipinski definition) is 2. The van der Waals surface area contributed by atoms with E-state index in [1.807, 2.05) is 0 Å². The molecule has 11 heteroatoms. The molecule has 2 aromatic rings. The Balaban J connectivity index is 0.000000273. The molecule has 0 radical (unpaired) electrons. The van der Waals surface area contributed by atoms with Crippen molar-refractivity contribution in [3.8, 4) is 0 Å². The van der Waals surface area contributed by atoms with Crippen LogP contribution in [0.2, 0.25) is 0 Å². The molecule has 1 aromatic heterocycles. The molecular weight excluding hydrogens is 385 g/mol. The summed E-state index contributed by atoms with van der Waals surface area (Å²) in [4.78, 5) is 17.3. The van der Waals surface area contributed by atoms with Gasteiger partial charge in [-0.1, -0.05) is 12.1 Å². The normalized spacial score (nSPS) is 19.2. The van der Waals surface area contributed by atoms with E-state index in [1.54, 1.807) is 5.38 Å². The second kappa shape index (κ2) is 8.35. The van der Waals surface area contributed by atoms with Crippen LogP contribution >= 0.6 is 11.3 Å². The Kier molecular flexibility index (Phi) is 6.39. The van der Waals surface area contributed by atoms with Gasteiger partial charge in [0, 0.05) is 17.1 Å². The monoisotopic (exact) mass is 401 g/mol. The Morgan fingerprint density at radius 1 is 1.48 bits per heavy atom. The van der Waals surface area contributed by atoms with Crippen molar-refractivity contribution in [1.82, 2.24) is 4.98 Å². The molecule has 4 N–H and O–H groups in total. The maximum atomic E-state index is 14.1. The molecule has 0 saturated heterocycles. The number of ether oxygens (including phenoxy) is 1. The number of benzene rings is 1. The molecule has 1 aliphatic rings. The number of aromatic nitrogens is 1. The number of nitrogens with two attached hydrogens (primary N) is 1. The lowest BCUT2D eigenvalue weighted by Crippen LogP contribution is -2.45. The molecule has 146 valence electrons. The number of carboxylic acids is 1. The molecule has 27 heavy (non-hydrogen) atoms. The van der Waals surface area contributed by atoms with E-state index in [9.17, 15) is 18.0 Å². The number of nitrogens with zero attached hydrogens (tertiary/aromatic N) is 2. The van der Waals surface area contributed by atoms with Crippen molar-refractivity contribution >= 4 is 28.8 Å². The zero-order valence-electron chi connectivity index (χ0n) is 14.1. The van der Waals surface area contributed by atoms with Gasteiger partial charge in [0.05, 0.1) is 6.61 Å². The highest BCUT2D eigenvalue weighted by molar-refractivity contribution is 7.11. The van der Waals surface area contributed by atoms with Crippen LogP contribution in [-0.4, -0.2) is 41.5 Å². The number of aryl methyl sites for hydroxylation is 1. The average molecular weight is 401 g/mol. The maximum Gasteiger partial charge on any atom is 0.364 e. The molecule has 3 rings (SSSR count). The molecule has 0 fully saturated rings. The third-order valence-electron chi connectivity index (χ3n) is 3.61. The molecule has 1 atom stereocenters. The number of nitrogens with one attached hydrogen (secondary N) is 1. The lowest BCUT2D eigenvalue weighted by molar-refractivity contribution is -0.0146. The van der Waals surface area contributed by atoms with Crippen molar-refractivity contribution < 1.29 is 27.8 Å². The quantitative estimate of drug-likeness (QED) is 0.815. The number of thiazole rings is 1. The fourth-order valence-corrected chi connectivity index (χ4v) is 2.89. The van der Waals surface area contributed by atoms with Crippen molar-refractivity contribution in [3.63, 3.8) is 0 Å². The van der Waals surface area contributed by atoms with E-state index in [0.29, 0.717) is 0 Å². The summed E-state index contributed by atoms with van der Waals surface area (Å²) >= 11 is 1.12.